The first-order valence-corrected chi connectivity index (χ1v) is 17.8. The average molecular weight is 599 g/mol. The van der Waals surface area contributed by atoms with Gasteiger partial charge in [-0.25, -0.2) is 4.57 Å². The summed E-state index contributed by atoms with van der Waals surface area (Å²) in [4.78, 5) is 10.4. The van der Waals surface area contributed by atoms with Gasteiger partial charge in [-0.05, 0) is 25.5 Å². The lowest BCUT2D eigenvalue weighted by Crippen LogP contribution is -2.30. The maximum absolute atomic E-state index is 12.7. The van der Waals surface area contributed by atoms with Crippen molar-refractivity contribution < 1.29 is 32.5 Å². The Morgan fingerprint density at radius 3 is 2.10 bits per heavy atom. The van der Waals surface area contributed by atoms with Gasteiger partial charge in [0.15, 0.2) is 12.7 Å². The van der Waals surface area contributed by atoms with Crippen molar-refractivity contribution in [2.24, 2.45) is 0 Å². The number of rotatable bonds is 26. The van der Waals surface area contributed by atoms with Crippen LogP contribution in [-0.4, -0.2) is 37.4 Å². The maximum Gasteiger partial charge on any atom is 0.527 e. The van der Waals surface area contributed by atoms with Crippen molar-refractivity contribution in [3.63, 3.8) is 0 Å². The third kappa shape index (κ3) is 16.9. The summed E-state index contributed by atoms with van der Waals surface area (Å²) in [6, 6.07) is 7.19. The summed E-state index contributed by atoms with van der Waals surface area (Å²) in [5.74, 6) is 0.328. The van der Waals surface area contributed by atoms with E-state index in [0.29, 0.717) is 32.1 Å². The van der Waals surface area contributed by atoms with Gasteiger partial charge in [0.2, 0.25) is 5.51 Å². The van der Waals surface area contributed by atoms with Crippen LogP contribution in [0.1, 0.15) is 109 Å². The molecule has 0 aliphatic carbocycles. The molecule has 2 rings (SSSR count). The lowest BCUT2D eigenvalue weighted by molar-refractivity contribution is -0.683. The van der Waals surface area contributed by atoms with Crippen molar-refractivity contribution in [3.05, 3.63) is 46.9 Å². The fourth-order valence-corrected chi connectivity index (χ4v) is 6.03. The minimum Gasteiger partial charge on any atom is -0.404 e. The summed E-state index contributed by atoms with van der Waals surface area (Å²) in [6.07, 6.45) is 20.1. The molecule has 1 heterocycles. The quantitative estimate of drug-likeness (QED) is 0.0665. The molecule has 0 spiro atoms. The van der Waals surface area contributed by atoms with E-state index in [0.717, 1.165) is 18.4 Å². The molecule has 0 radical (unpaired) electrons. The normalized spacial score (nSPS) is 13.8. The predicted molar refractivity (Wildman–Crippen MR) is 163 cm³/mol. The SMILES string of the molecule is CCCCCCCCCCCCCCCCOCC(COP(=O)(O)Oc1ccccc1C[n+]1ccsc1)OCC. The Bertz CT molecular complexity index is 913. The molecule has 2 unspecified atom stereocenters. The summed E-state index contributed by atoms with van der Waals surface area (Å²) >= 11 is 1.58. The van der Waals surface area contributed by atoms with Gasteiger partial charge < -0.3 is 14.0 Å². The number of phosphoric ester groups is 1. The largest absolute Gasteiger partial charge is 0.527 e. The zero-order chi connectivity index (χ0) is 28.7. The molecular formula is C31H53NO6PS+. The van der Waals surface area contributed by atoms with Crippen LogP contribution in [0.3, 0.4) is 0 Å². The summed E-state index contributed by atoms with van der Waals surface area (Å²) in [7, 11) is -4.33. The Labute approximate surface area is 246 Å². The van der Waals surface area contributed by atoms with Gasteiger partial charge in [0, 0.05) is 13.2 Å². The van der Waals surface area contributed by atoms with Gasteiger partial charge in [-0.2, -0.15) is 4.57 Å². The second-order valence-electron chi connectivity index (χ2n) is 10.4. The highest BCUT2D eigenvalue weighted by Crippen LogP contribution is 2.45. The lowest BCUT2D eigenvalue weighted by Gasteiger charge is -2.20. The fourth-order valence-electron chi connectivity index (χ4n) is 4.59. The van der Waals surface area contributed by atoms with Gasteiger partial charge in [-0.15, -0.1) is 0 Å². The lowest BCUT2D eigenvalue weighted by atomic mass is 10.0. The van der Waals surface area contributed by atoms with Gasteiger partial charge in [0.05, 0.1) is 24.2 Å². The first-order valence-electron chi connectivity index (χ1n) is 15.4. The fraction of sp³-hybridized carbons (Fsp3) is 0.710. The number of ether oxygens (including phenoxy) is 2. The first kappa shape index (κ1) is 34.9. The number of nitrogens with zero attached hydrogens (tertiary/aromatic N) is 1. The summed E-state index contributed by atoms with van der Waals surface area (Å²) < 4.78 is 36.9. The van der Waals surface area contributed by atoms with Gasteiger partial charge in [0.25, 0.3) is 0 Å². The standard InChI is InChI=1S/C31H52NO6PS/c1-3-5-6-7-8-9-10-11-12-13-14-15-16-19-23-35-26-30(36-4-2)27-37-39(33,34)38-31-21-18-17-20-29(31)25-32-22-24-40-28-32/h17-18,20-22,24,28,30H,3-16,19,23,25-27H2,1-2H3/p+1. The van der Waals surface area contributed by atoms with Crippen molar-refractivity contribution in [2.45, 2.75) is 116 Å². The zero-order valence-electron chi connectivity index (χ0n) is 24.8. The summed E-state index contributed by atoms with van der Waals surface area (Å²) in [5.41, 5.74) is 2.76. The van der Waals surface area contributed by atoms with Crippen LogP contribution in [0, 0.1) is 0 Å². The second-order valence-corrected chi connectivity index (χ2v) is 12.5. The Kier molecular flexibility index (Phi) is 19.5. The highest BCUT2D eigenvalue weighted by molar-refractivity contribution is 7.47. The van der Waals surface area contributed by atoms with E-state index in [-0.39, 0.29) is 6.61 Å². The van der Waals surface area contributed by atoms with Crippen LogP contribution >= 0.6 is 19.2 Å². The van der Waals surface area contributed by atoms with E-state index >= 15 is 0 Å². The monoisotopic (exact) mass is 598 g/mol. The van der Waals surface area contributed by atoms with Crippen LogP contribution in [-0.2, 0) is 25.1 Å². The highest BCUT2D eigenvalue weighted by atomic mass is 32.1. The third-order valence-electron chi connectivity index (χ3n) is 6.84. The van der Waals surface area contributed by atoms with Gasteiger partial charge in [-0.3, -0.25) is 9.42 Å². The molecule has 7 nitrogen and oxygen atoms in total. The van der Waals surface area contributed by atoms with E-state index in [4.69, 9.17) is 18.5 Å². The molecule has 0 fully saturated rings. The average Bonchev–Trinajstić information content (AvgIpc) is 3.45. The van der Waals surface area contributed by atoms with Gasteiger partial charge >= 0.3 is 7.82 Å². The molecule has 0 saturated heterocycles. The molecule has 0 amide bonds. The summed E-state index contributed by atoms with van der Waals surface area (Å²) in [6.45, 7) is 6.05. The van der Waals surface area contributed by atoms with E-state index in [1.165, 1.54) is 77.0 Å². The van der Waals surface area contributed by atoms with Crippen molar-refractivity contribution in [1.29, 1.82) is 0 Å². The first-order chi connectivity index (χ1) is 19.5. The number of hydrogen-bond acceptors (Lipinski definition) is 6. The molecule has 2 atom stereocenters. The summed E-state index contributed by atoms with van der Waals surface area (Å²) in [5, 5.41) is 1.97. The molecule has 1 aromatic carbocycles. The molecule has 9 heteroatoms. The van der Waals surface area contributed by atoms with Crippen LogP contribution in [0.5, 0.6) is 5.75 Å². The van der Waals surface area contributed by atoms with E-state index in [2.05, 4.69) is 6.92 Å². The second kappa shape index (κ2) is 22.3. The molecule has 0 aliphatic heterocycles. The Morgan fingerprint density at radius 2 is 1.50 bits per heavy atom. The molecular weight excluding hydrogens is 545 g/mol. The van der Waals surface area contributed by atoms with Crippen LogP contribution in [0.2, 0.25) is 0 Å². The van der Waals surface area contributed by atoms with Crippen molar-refractivity contribution in [1.82, 2.24) is 0 Å². The van der Waals surface area contributed by atoms with E-state index in [9.17, 15) is 9.46 Å². The van der Waals surface area contributed by atoms with E-state index < -0.39 is 13.9 Å². The van der Waals surface area contributed by atoms with Gasteiger partial charge in [0.1, 0.15) is 11.9 Å². The minimum absolute atomic E-state index is 0.0815. The van der Waals surface area contributed by atoms with Gasteiger partial charge in [-0.1, -0.05) is 114 Å². The van der Waals surface area contributed by atoms with E-state index in [1.807, 2.05) is 40.7 Å². The topological polar surface area (TPSA) is 78.1 Å². The molecule has 2 aromatic rings. The van der Waals surface area contributed by atoms with E-state index in [1.54, 1.807) is 23.5 Å². The number of unbranched alkanes of at least 4 members (excludes halogenated alkanes) is 13. The number of benzene rings is 1. The number of phosphoric acid groups is 1. The van der Waals surface area contributed by atoms with Crippen LogP contribution < -0.4 is 9.09 Å². The van der Waals surface area contributed by atoms with Crippen LogP contribution in [0.4, 0.5) is 0 Å². The van der Waals surface area contributed by atoms with Crippen LogP contribution in [0.15, 0.2) is 41.4 Å². The Hall–Kier alpha value is -1.28. The van der Waals surface area contributed by atoms with Crippen molar-refractivity contribution in [3.8, 4) is 5.75 Å². The highest BCUT2D eigenvalue weighted by Gasteiger charge is 2.27. The Balaban J connectivity index is 1.54. The zero-order valence-corrected chi connectivity index (χ0v) is 26.6. The smallest absolute Gasteiger partial charge is 0.404 e. The molecule has 1 aromatic heterocycles. The van der Waals surface area contributed by atoms with Crippen LogP contribution in [0.25, 0.3) is 0 Å². The van der Waals surface area contributed by atoms with Crippen molar-refractivity contribution in [2.75, 3.05) is 26.4 Å². The minimum atomic E-state index is -4.33. The number of aromatic nitrogens is 1. The number of thiazole rings is 1. The maximum atomic E-state index is 12.7. The third-order valence-corrected chi connectivity index (χ3v) is 8.41. The predicted octanol–water partition coefficient (Wildman–Crippen LogP) is 8.48. The molecule has 0 saturated carbocycles. The molecule has 0 aliphatic rings. The Morgan fingerprint density at radius 1 is 0.875 bits per heavy atom. The molecule has 0 bridgehead atoms. The molecule has 1 N–H and O–H groups in total. The van der Waals surface area contributed by atoms with Crippen molar-refractivity contribution >= 4 is 19.2 Å². The molecule has 228 valence electrons. The number of hydrogen-bond donors (Lipinski definition) is 1. The molecule has 40 heavy (non-hydrogen) atoms. The number of para-hydroxylation sites is 1.